The first kappa shape index (κ1) is 13.9. The largest absolute Gasteiger partial charge is 0.476 e. The third kappa shape index (κ3) is 2.32. The molecule has 0 amide bonds. The van der Waals surface area contributed by atoms with Gasteiger partial charge in [0, 0.05) is 12.4 Å². The summed E-state index contributed by atoms with van der Waals surface area (Å²) in [4.78, 5) is 19.1. The van der Waals surface area contributed by atoms with Gasteiger partial charge in [-0.3, -0.25) is 9.55 Å². The Morgan fingerprint density at radius 3 is 2.64 bits per heavy atom. The predicted molar refractivity (Wildman–Crippen MR) is 73.7 cm³/mol. The second kappa shape index (κ2) is 5.36. The van der Waals surface area contributed by atoms with Crippen LogP contribution in [0.25, 0.3) is 17.2 Å². The summed E-state index contributed by atoms with van der Waals surface area (Å²) >= 11 is 0. The molecule has 0 saturated heterocycles. The minimum absolute atomic E-state index is 0.113. The highest BCUT2D eigenvalue weighted by atomic mass is 19.2. The monoisotopic (exact) mass is 301 g/mol. The topological polar surface area (TPSA) is 68.0 Å². The normalized spacial score (nSPS) is 10.6. The Hall–Kier alpha value is -3.09. The maximum atomic E-state index is 14.0. The number of rotatable bonds is 3. The van der Waals surface area contributed by atoms with Gasteiger partial charge in [0.15, 0.2) is 23.2 Å². The molecule has 0 bridgehead atoms. The molecular formula is C15H9F2N3O2. The van der Waals surface area contributed by atoms with E-state index in [1.165, 1.54) is 22.9 Å². The number of carboxylic acid groups (broad SMARTS) is 1. The van der Waals surface area contributed by atoms with E-state index in [0.29, 0.717) is 5.69 Å². The molecule has 7 heteroatoms. The zero-order valence-corrected chi connectivity index (χ0v) is 11.1. The van der Waals surface area contributed by atoms with Crippen molar-refractivity contribution in [2.45, 2.75) is 0 Å². The second-order valence-electron chi connectivity index (χ2n) is 4.41. The minimum atomic E-state index is -1.27. The summed E-state index contributed by atoms with van der Waals surface area (Å²) in [5, 5.41) is 9.08. The Morgan fingerprint density at radius 2 is 1.95 bits per heavy atom. The van der Waals surface area contributed by atoms with Crippen LogP contribution in [-0.4, -0.2) is 25.6 Å². The number of aromatic carboxylic acids is 1. The fourth-order valence-corrected chi connectivity index (χ4v) is 2.02. The van der Waals surface area contributed by atoms with Crippen LogP contribution < -0.4 is 0 Å². The van der Waals surface area contributed by atoms with Crippen LogP contribution in [0.15, 0.2) is 48.8 Å². The number of imidazole rings is 1. The van der Waals surface area contributed by atoms with Gasteiger partial charge in [0.25, 0.3) is 0 Å². The number of benzene rings is 1. The van der Waals surface area contributed by atoms with E-state index in [9.17, 15) is 13.6 Å². The quantitative estimate of drug-likeness (QED) is 0.807. The van der Waals surface area contributed by atoms with Crippen LogP contribution in [0.3, 0.4) is 0 Å². The molecular weight excluding hydrogens is 292 g/mol. The minimum Gasteiger partial charge on any atom is -0.476 e. The predicted octanol–water partition coefficient (Wildman–Crippen LogP) is 2.91. The van der Waals surface area contributed by atoms with Crippen molar-refractivity contribution in [3.8, 4) is 17.2 Å². The van der Waals surface area contributed by atoms with Crippen molar-refractivity contribution >= 4 is 5.97 Å². The number of carboxylic acids is 1. The molecule has 0 aliphatic heterocycles. The molecule has 0 aliphatic carbocycles. The highest BCUT2D eigenvalue weighted by Crippen LogP contribution is 2.24. The maximum Gasteiger partial charge on any atom is 0.356 e. The first-order valence-electron chi connectivity index (χ1n) is 6.26. The van der Waals surface area contributed by atoms with Crippen LogP contribution in [0.1, 0.15) is 10.5 Å². The molecule has 0 saturated carbocycles. The van der Waals surface area contributed by atoms with Gasteiger partial charge in [-0.25, -0.2) is 18.6 Å². The summed E-state index contributed by atoms with van der Waals surface area (Å²) in [5.74, 6) is -3.28. The molecule has 0 unspecified atom stereocenters. The van der Waals surface area contributed by atoms with Crippen molar-refractivity contribution < 1.29 is 18.7 Å². The Balaban J connectivity index is 2.26. The maximum absolute atomic E-state index is 14.0. The fourth-order valence-electron chi connectivity index (χ4n) is 2.02. The molecule has 2 heterocycles. The zero-order chi connectivity index (χ0) is 15.7. The molecule has 0 radical (unpaired) electrons. The van der Waals surface area contributed by atoms with E-state index < -0.39 is 17.6 Å². The molecule has 0 atom stereocenters. The smallest absolute Gasteiger partial charge is 0.356 e. The van der Waals surface area contributed by atoms with Gasteiger partial charge in [0.2, 0.25) is 0 Å². The van der Waals surface area contributed by atoms with E-state index in [0.717, 1.165) is 12.3 Å². The number of halogens is 2. The molecule has 5 nitrogen and oxygen atoms in total. The van der Waals surface area contributed by atoms with Crippen molar-refractivity contribution in [1.29, 1.82) is 0 Å². The molecule has 2 aromatic heterocycles. The van der Waals surface area contributed by atoms with E-state index in [1.807, 2.05) is 0 Å². The van der Waals surface area contributed by atoms with Gasteiger partial charge in [-0.1, -0.05) is 12.1 Å². The summed E-state index contributed by atoms with van der Waals surface area (Å²) in [6.07, 6.45) is 2.63. The Labute approximate surface area is 123 Å². The van der Waals surface area contributed by atoms with Crippen LogP contribution in [-0.2, 0) is 0 Å². The molecule has 1 aromatic carbocycles. The van der Waals surface area contributed by atoms with E-state index in [4.69, 9.17) is 5.11 Å². The van der Waals surface area contributed by atoms with Gasteiger partial charge in [-0.15, -0.1) is 0 Å². The third-order valence-electron chi connectivity index (χ3n) is 3.01. The number of aromatic nitrogens is 3. The van der Waals surface area contributed by atoms with Crippen LogP contribution in [0, 0.1) is 11.6 Å². The van der Waals surface area contributed by atoms with Crippen molar-refractivity contribution in [3.63, 3.8) is 0 Å². The molecule has 0 spiro atoms. The molecule has 0 fully saturated rings. The number of pyridine rings is 1. The van der Waals surface area contributed by atoms with Crippen molar-refractivity contribution in [2.24, 2.45) is 0 Å². The highest BCUT2D eigenvalue weighted by Gasteiger charge is 2.19. The number of hydrogen-bond donors (Lipinski definition) is 1. The van der Waals surface area contributed by atoms with Gasteiger partial charge in [-0.05, 0) is 24.3 Å². The summed E-state index contributed by atoms with van der Waals surface area (Å²) in [6, 6.07) is 8.60. The Morgan fingerprint density at radius 1 is 1.14 bits per heavy atom. The summed E-state index contributed by atoms with van der Waals surface area (Å²) in [5.41, 5.74) is -0.0800. The first-order valence-corrected chi connectivity index (χ1v) is 6.26. The van der Waals surface area contributed by atoms with E-state index >= 15 is 0 Å². The van der Waals surface area contributed by atoms with E-state index in [2.05, 4.69) is 9.97 Å². The summed E-state index contributed by atoms with van der Waals surface area (Å²) in [7, 11) is 0. The second-order valence-corrected chi connectivity index (χ2v) is 4.41. The molecule has 110 valence electrons. The van der Waals surface area contributed by atoms with Crippen molar-refractivity contribution in [3.05, 3.63) is 66.1 Å². The van der Waals surface area contributed by atoms with Crippen LogP contribution in [0.5, 0.6) is 0 Å². The first-order chi connectivity index (χ1) is 10.6. The summed E-state index contributed by atoms with van der Waals surface area (Å²) < 4.78 is 28.6. The number of hydrogen-bond acceptors (Lipinski definition) is 3. The van der Waals surface area contributed by atoms with Crippen molar-refractivity contribution in [1.82, 2.24) is 14.5 Å². The van der Waals surface area contributed by atoms with Gasteiger partial charge in [0.05, 0.1) is 5.69 Å². The van der Waals surface area contributed by atoms with Crippen LogP contribution in [0.2, 0.25) is 0 Å². The van der Waals surface area contributed by atoms with Gasteiger partial charge in [0.1, 0.15) is 5.69 Å². The SMILES string of the molecule is O=C(O)c1cn(-c2cccc(F)c2F)c(-c2ccccn2)n1. The average Bonchev–Trinajstić information content (AvgIpc) is 2.96. The van der Waals surface area contributed by atoms with Gasteiger partial charge < -0.3 is 5.11 Å². The Bertz CT molecular complexity index is 847. The standard InChI is InChI=1S/C15H9F2N3O2/c16-9-4-3-6-12(13(9)17)20-8-11(15(21)22)19-14(20)10-5-1-2-7-18-10/h1-8H,(H,21,22). The lowest BCUT2D eigenvalue weighted by atomic mass is 10.2. The molecule has 22 heavy (non-hydrogen) atoms. The average molecular weight is 301 g/mol. The molecule has 3 rings (SSSR count). The molecule has 3 aromatic rings. The fraction of sp³-hybridized carbons (Fsp3) is 0. The summed E-state index contributed by atoms with van der Waals surface area (Å²) in [6.45, 7) is 0. The Kier molecular flexibility index (Phi) is 3.38. The molecule has 0 aliphatic rings. The van der Waals surface area contributed by atoms with Crippen LogP contribution in [0.4, 0.5) is 8.78 Å². The lowest BCUT2D eigenvalue weighted by Gasteiger charge is -2.08. The number of nitrogens with zero attached hydrogens (tertiary/aromatic N) is 3. The van der Waals surface area contributed by atoms with E-state index in [1.54, 1.807) is 18.2 Å². The van der Waals surface area contributed by atoms with Crippen LogP contribution >= 0.6 is 0 Å². The third-order valence-corrected chi connectivity index (χ3v) is 3.01. The lowest BCUT2D eigenvalue weighted by Crippen LogP contribution is -2.02. The highest BCUT2D eigenvalue weighted by molar-refractivity contribution is 5.86. The van der Waals surface area contributed by atoms with E-state index in [-0.39, 0.29) is 17.2 Å². The number of carbonyl (C=O) groups is 1. The van der Waals surface area contributed by atoms with Gasteiger partial charge >= 0.3 is 5.97 Å². The zero-order valence-electron chi connectivity index (χ0n) is 11.1. The van der Waals surface area contributed by atoms with Gasteiger partial charge in [-0.2, -0.15) is 0 Å². The molecule has 1 N–H and O–H groups in total. The lowest BCUT2D eigenvalue weighted by molar-refractivity contribution is 0.0691. The van der Waals surface area contributed by atoms with Crippen molar-refractivity contribution in [2.75, 3.05) is 0 Å².